The standard InChI is InChI=1S/C13H6ClFN4/c14-10-4-12(15)13(18-7-10)19-11-2-1-8(5-16)9(3-11)6-17/h1-4,7H,(H,18,19). The Morgan fingerprint density at radius 1 is 1.16 bits per heavy atom. The van der Waals surface area contributed by atoms with Crippen molar-refractivity contribution >= 4 is 23.1 Å². The third-order valence-electron chi connectivity index (χ3n) is 2.33. The van der Waals surface area contributed by atoms with E-state index in [0.717, 1.165) is 6.07 Å². The number of aromatic nitrogens is 1. The maximum absolute atomic E-state index is 13.5. The number of halogens is 2. The maximum atomic E-state index is 13.5. The Labute approximate surface area is 113 Å². The molecule has 19 heavy (non-hydrogen) atoms. The summed E-state index contributed by atoms with van der Waals surface area (Å²) in [5.74, 6) is -0.603. The van der Waals surface area contributed by atoms with E-state index in [-0.39, 0.29) is 22.0 Å². The van der Waals surface area contributed by atoms with Crippen LogP contribution in [0.25, 0.3) is 0 Å². The van der Waals surface area contributed by atoms with Gasteiger partial charge in [-0.05, 0) is 24.3 Å². The van der Waals surface area contributed by atoms with Crippen molar-refractivity contribution in [1.82, 2.24) is 4.98 Å². The van der Waals surface area contributed by atoms with Crippen LogP contribution >= 0.6 is 11.6 Å². The van der Waals surface area contributed by atoms with Crippen LogP contribution < -0.4 is 5.32 Å². The van der Waals surface area contributed by atoms with Crippen molar-refractivity contribution in [3.63, 3.8) is 0 Å². The maximum Gasteiger partial charge on any atom is 0.167 e. The van der Waals surface area contributed by atoms with Crippen LogP contribution in [0, 0.1) is 28.5 Å². The molecule has 6 heteroatoms. The van der Waals surface area contributed by atoms with Gasteiger partial charge in [-0.25, -0.2) is 9.37 Å². The molecule has 0 spiro atoms. The summed E-state index contributed by atoms with van der Waals surface area (Å²) in [7, 11) is 0. The highest BCUT2D eigenvalue weighted by Gasteiger charge is 2.07. The van der Waals surface area contributed by atoms with Crippen LogP contribution in [0.5, 0.6) is 0 Å². The smallest absolute Gasteiger partial charge is 0.167 e. The number of anilines is 2. The lowest BCUT2D eigenvalue weighted by molar-refractivity contribution is 0.626. The summed E-state index contributed by atoms with van der Waals surface area (Å²) in [6, 6.07) is 9.43. The van der Waals surface area contributed by atoms with Crippen LogP contribution in [0.3, 0.4) is 0 Å². The molecule has 4 nitrogen and oxygen atoms in total. The summed E-state index contributed by atoms with van der Waals surface area (Å²) in [6.07, 6.45) is 1.31. The highest BCUT2D eigenvalue weighted by atomic mass is 35.5. The van der Waals surface area contributed by atoms with E-state index in [1.165, 1.54) is 18.3 Å². The van der Waals surface area contributed by atoms with Crippen molar-refractivity contribution < 1.29 is 4.39 Å². The van der Waals surface area contributed by atoms with Crippen molar-refractivity contribution in [2.24, 2.45) is 0 Å². The molecule has 0 aliphatic heterocycles. The summed E-state index contributed by atoms with van der Waals surface area (Å²) in [6.45, 7) is 0. The molecule has 0 amide bonds. The number of rotatable bonds is 2. The largest absolute Gasteiger partial charge is 0.338 e. The number of pyridine rings is 1. The van der Waals surface area contributed by atoms with Crippen LogP contribution in [0.15, 0.2) is 30.5 Å². The first kappa shape index (κ1) is 12.8. The minimum atomic E-state index is -0.602. The van der Waals surface area contributed by atoms with Gasteiger partial charge in [-0.1, -0.05) is 11.6 Å². The first-order valence-electron chi connectivity index (χ1n) is 5.16. The van der Waals surface area contributed by atoms with Crippen LogP contribution in [0.2, 0.25) is 5.02 Å². The molecule has 0 aliphatic rings. The molecule has 0 atom stereocenters. The minimum absolute atomic E-state index is 0.00185. The van der Waals surface area contributed by atoms with E-state index in [1.807, 2.05) is 12.1 Å². The van der Waals surface area contributed by atoms with Crippen LogP contribution in [0.1, 0.15) is 11.1 Å². The predicted octanol–water partition coefficient (Wildman–Crippen LogP) is 3.36. The monoisotopic (exact) mass is 272 g/mol. The Morgan fingerprint density at radius 3 is 2.53 bits per heavy atom. The number of nitriles is 2. The number of nitrogens with one attached hydrogen (secondary N) is 1. The molecule has 2 rings (SSSR count). The normalized spacial score (nSPS) is 9.47. The second kappa shape index (κ2) is 5.34. The van der Waals surface area contributed by atoms with Gasteiger partial charge in [0.1, 0.15) is 12.1 Å². The molecule has 0 saturated carbocycles. The zero-order valence-electron chi connectivity index (χ0n) is 9.48. The SMILES string of the molecule is N#Cc1ccc(Nc2ncc(Cl)cc2F)cc1C#N. The van der Waals surface area contributed by atoms with Gasteiger partial charge in [-0.3, -0.25) is 0 Å². The van der Waals surface area contributed by atoms with Crippen molar-refractivity contribution in [2.45, 2.75) is 0 Å². The van der Waals surface area contributed by atoms with E-state index in [9.17, 15) is 4.39 Å². The molecule has 0 radical (unpaired) electrons. The van der Waals surface area contributed by atoms with E-state index in [0.29, 0.717) is 5.69 Å². The van der Waals surface area contributed by atoms with Gasteiger partial charge in [0, 0.05) is 11.9 Å². The predicted molar refractivity (Wildman–Crippen MR) is 68.4 cm³/mol. The molecule has 2 aromatic rings. The summed E-state index contributed by atoms with van der Waals surface area (Å²) < 4.78 is 13.5. The van der Waals surface area contributed by atoms with Crippen molar-refractivity contribution in [3.05, 3.63) is 52.4 Å². The van der Waals surface area contributed by atoms with Gasteiger partial charge in [0.05, 0.1) is 16.1 Å². The molecule has 0 bridgehead atoms. The fourth-order valence-corrected chi connectivity index (χ4v) is 1.60. The van der Waals surface area contributed by atoms with Crippen molar-refractivity contribution in [1.29, 1.82) is 10.5 Å². The second-order valence-corrected chi connectivity index (χ2v) is 4.03. The number of hydrogen-bond acceptors (Lipinski definition) is 4. The Hall–Kier alpha value is -2.63. The van der Waals surface area contributed by atoms with Gasteiger partial charge in [0.25, 0.3) is 0 Å². The molecule has 0 saturated heterocycles. The molecular weight excluding hydrogens is 267 g/mol. The van der Waals surface area contributed by atoms with Gasteiger partial charge >= 0.3 is 0 Å². The summed E-state index contributed by atoms with van der Waals surface area (Å²) >= 11 is 5.60. The third-order valence-corrected chi connectivity index (χ3v) is 2.54. The summed E-state index contributed by atoms with van der Waals surface area (Å²) in [5, 5.41) is 20.6. The average molecular weight is 273 g/mol. The second-order valence-electron chi connectivity index (χ2n) is 3.59. The molecule has 1 heterocycles. The Bertz CT molecular complexity index is 716. The van der Waals surface area contributed by atoms with E-state index in [4.69, 9.17) is 22.1 Å². The van der Waals surface area contributed by atoms with Gasteiger partial charge in [0.2, 0.25) is 0 Å². The van der Waals surface area contributed by atoms with Crippen molar-refractivity contribution in [3.8, 4) is 12.1 Å². The molecule has 0 aliphatic carbocycles. The fraction of sp³-hybridized carbons (Fsp3) is 0. The number of hydrogen-bond donors (Lipinski definition) is 1. The van der Waals surface area contributed by atoms with E-state index < -0.39 is 5.82 Å². The van der Waals surface area contributed by atoms with Gasteiger partial charge in [-0.2, -0.15) is 10.5 Å². The molecule has 0 unspecified atom stereocenters. The van der Waals surface area contributed by atoms with Gasteiger partial charge < -0.3 is 5.32 Å². The highest BCUT2D eigenvalue weighted by molar-refractivity contribution is 6.30. The van der Waals surface area contributed by atoms with Gasteiger partial charge in [0.15, 0.2) is 11.6 Å². The molecule has 1 aromatic carbocycles. The summed E-state index contributed by atoms with van der Waals surface area (Å²) in [5.41, 5.74) is 0.934. The average Bonchev–Trinajstić information content (AvgIpc) is 2.41. The van der Waals surface area contributed by atoms with E-state index >= 15 is 0 Å². The van der Waals surface area contributed by atoms with Crippen LogP contribution in [-0.2, 0) is 0 Å². The minimum Gasteiger partial charge on any atom is -0.338 e. The molecular formula is C13H6ClFN4. The zero-order chi connectivity index (χ0) is 13.8. The topological polar surface area (TPSA) is 72.5 Å². The summed E-state index contributed by atoms with van der Waals surface area (Å²) in [4.78, 5) is 3.81. The number of benzene rings is 1. The molecule has 1 aromatic heterocycles. The van der Waals surface area contributed by atoms with E-state index in [1.54, 1.807) is 6.07 Å². The lowest BCUT2D eigenvalue weighted by atomic mass is 10.1. The molecule has 92 valence electrons. The fourth-order valence-electron chi connectivity index (χ4n) is 1.46. The van der Waals surface area contributed by atoms with E-state index in [2.05, 4.69) is 10.3 Å². The Balaban J connectivity index is 2.34. The van der Waals surface area contributed by atoms with Crippen LogP contribution in [0.4, 0.5) is 15.9 Å². The van der Waals surface area contributed by atoms with Crippen LogP contribution in [-0.4, -0.2) is 4.98 Å². The third kappa shape index (κ3) is 2.79. The lowest BCUT2D eigenvalue weighted by Gasteiger charge is -2.07. The Kier molecular flexibility index (Phi) is 3.61. The quantitative estimate of drug-likeness (QED) is 0.910. The zero-order valence-corrected chi connectivity index (χ0v) is 10.2. The Morgan fingerprint density at radius 2 is 1.89 bits per heavy atom. The molecule has 0 fully saturated rings. The lowest BCUT2D eigenvalue weighted by Crippen LogP contribution is -1.98. The first-order chi connectivity index (χ1) is 9.13. The first-order valence-corrected chi connectivity index (χ1v) is 5.54. The highest BCUT2D eigenvalue weighted by Crippen LogP contribution is 2.22. The van der Waals surface area contributed by atoms with Crippen molar-refractivity contribution in [2.75, 3.05) is 5.32 Å². The molecule has 1 N–H and O–H groups in total. The van der Waals surface area contributed by atoms with Gasteiger partial charge in [-0.15, -0.1) is 0 Å². The number of nitrogens with zero attached hydrogens (tertiary/aromatic N) is 3.